The van der Waals surface area contributed by atoms with Gasteiger partial charge in [0.25, 0.3) is 0 Å². The first-order valence-electron chi connectivity index (χ1n) is 12.3. The number of nitrogens with zero attached hydrogens (tertiary/aromatic N) is 3. The molecule has 0 N–H and O–H groups in total. The summed E-state index contributed by atoms with van der Waals surface area (Å²) in [6.45, 7) is 20.4. The molecule has 0 aromatic heterocycles. The first kappa shape index (κ1) is 21.1. The number of rotatable bonds is 6. The fourth-order valence-corrected chi connectivity index (χ4v) is 6.40. The van der Waals surface area contributed by atoms with Crippen LogP contribution in [0.3, 0.4) is 0 Å². The van der Waals surface area contributed by atoms with Gasteiger partial charge >= 0.3 is 0 Å². The van der Waals surface area contributed by atoms with Gasteiger partial charge in [0.15, 0.2) is 0 Å². The summed E-state index contributed by atoms with van der Waals surface area (Å²) in [5.74, 6) is 3.57. The minimum absolute atomic E-state index is 0.222. The molecule has 4 nitrogen and oxygen atoms in total. The van der Waals surface area contributed by atoms with Crippen LogP contribution in [0, 0.1) is 23.7 Å². The molecule has 162 valence electrons. The standard InChI is InChI=1S/C24H45N3O/c1-19(2)23-7-5-21(6-8-23)14-26-17-24(18-26)13-22(16-28-24)15-25-9-11-27(12-10-25)20(3)4/h19-23H,5-18H2,1-4H3. The first-order chi connectivity index (χ1) is 13.4. The summed E-state index contributed by atoms with van der Waals surface area (Å²) >= 11 is 0. The molecule has 1 spiro atoms. The van der Waals surface area contributed by atoms with Crippen molar-refractivity contribution in [2.24, 2.45) is 23.7 Å². The second-order valence-electron chi connectivity index (χ2n) is 11.2. The zero-order valence-electron chi connectivity index (χ0n) is 19.0. The molecule has 4 heteroatoms. The molecule has 4 aliphatic rings. The second-order valence-corrected chi connectivity index (χ2v) is 11.2. The third kappa shape index (κ3) is 4.94. The highest BCUT2D eigenvalue weighted by Crippen LogP contribution is 2.40. The lowest BCUT2D eigenvalue weighted by molar-refractivity contribution is -0.116. The quantitative estimate of drug-likeness (QED) is 0.689. The van der Waals surface area contributed by atoms with Crippen LogP contribution in [0.5, 0.6) is 0 Å². The predicted octanol–water partition coefficient (Wildman–Crippen LogP) is 3.57. The van der Waals surface area contributed by atoms with Gasteiger partial charge in [0.2, 0.25) is 0 Å². The lowest BCUT2D eigenvalue weighted by Gasteiger charge is -2.49. The molecule has 1 unspecified atom stereocenters. The van der Waals surface area contributed by atoms with Crippen LogP contribution >= 0.6 is 0 Å². The third-order valence-corrected chi connectivity index (χ3v) is 8.31. The highest BCUT2D eigenvalue weighted by Gasteiger charge is 2.50. The van der Waals surface area contributed by atoms with E-state index < -0.39 is 0 Å². The Bertz CT molecular complexity index is 486. The van der Waals surface area contributed by atoms with E-state index >= 15 is 0 Å². The summed E-state index contributed by atoms with van der Waals surface area (Å²) in [6, 6.07) is 0.696. The van der Waals surface area contributed by atoms with Crippen molar-refractivity contribution in [1.82, 2.24) is 14.7 Å². The highest BCUT2D eigenvalue weighted by molar-refractivity contribution is 5.03. The van der Waals surface area contributed by atoms with E-state index in [-0.39, 0.29) is 5.60 Å². The van der Waals surface area contributed by atoms with Gasteiger partial charge in [-0.25, -0.2) is 0 Å². The number of ether oxygens (including phenoxy) is 1. The zero-order chi connectivity index (χ0) is 19.7. The van der Waals surface area contributed by atoms with Crippen molar-refractivity contribution in [3.05, 3.63) is 0 Å². The van der Waals surface area contributed by atoms with E-state index in [4.69, 9.17) is 4.74 Å². The summed E-state index contributed by atoms with van der Waals surface area (Å²) in [5, 5.41) is 0. The van der Waals surface area contributed by atoms with Gasteiger partial charge in [-0.05, 0) is 69.6 Å². The molecule has 0 aromatic rings. The number of hydrogen-bond donors (Lipinski definition) is 0. The minimum Gasteiger partial charge on any atom is -0.372 e. The topological polar surface area (TPSA) is 19.0 Å². The van der Waals surface area contributed by atoms with Crippen molar-refractivity contribution >= 4 is 0 Å². The summed E-state index contributed by atoms with van der Waals surface area (Å²) < 4.78 is 6.38. The van der Waals surface area contributed by atoms with Gasteiger partial charge in [0.05, 0.1) is 12.2 Å². The van der Waals surface area contributed by atoms with Crippen LogP contribution in [0.2, 0.25) is 0 Å². The smallest absolute Gasteiger partial charge is 0.0938 e. The molecule has 1 aliphatic carbocycles. The van der Waals surface area contributed by atoms with Crippen LogP contribution in [-0.2, 0) is 4.74 Å². The Balaban J connectivity index is 1.13. The Morgan fingerprint density at radius 3 is 2.07 bits per heavy atom. The molecule has 3 heterocycles. The molecule has 4 rings (SSSR count). The summed E-state index contributed by atoms with van der Waals surface area (Å²) in [6.07, 6.45) is 7.14. The maximum atomic E-state index is 6.38. The van der Waals surface area contributed by atoms with Gasteiger partial charge in [-0.2, -0.15) is 0 Å². The van der Waals surface area contributed by atoms with Crippen LogP contribution in [-0.4, -0.2) is 85.3 Å². The van der Waals surface area contributed by atoms with Crippen molar-refractivity contribution < 1.29 is 4.74 Å². The van der Waals surface area contributed by atoms with E-state index in [1.807, 2.05) is 0 Å². The van der Waals surface area contributed by atoms with E-state index in [0.717, 1.165) is 30.3 Å². The molecule has 3 aliphatic heterocycles. The Morgan fingerprint density at radius 2 is 1.46 bits per heavy atom. The Hall–Kier alpha value is -0.160. The monoisotopic (exact) mass is 391 g/mol. The summed E-state index contributed by atoms with van der Waals surface area (Å²) in [4.78, 5) is 8.00. The molecule has 3 saturated heterocycles. The van der Waals surface area contributed by atoms with Crippen LogP contribution in [0.1, 0.15) is 59.8 Å². The molecule has 4 fully saturated rings. The van der Waals surface area contributed by atoms with Gasteiger partial charge in [-0.3, -0.25) is 9.80 Å². The number of piperazine rings is 1. The minimum atomic E-state index is 0.222. The average molecular weight is 392 g/mol. The fourth-order valence-electron chi connectivity index (χ4n) is 6.40. The molecule has 0 radical (unpaired) electrons. The molecule has 0 bridgehead atoms. The van der Waals surface area contributed by atoms with Crippen LogP contribution in [0.25, 0.3) is 0 Å². The van der Waals surface area contributed by atoms with Gasteiger partial charge in [-0.1, -0.05) is 13.8 Å². The summed E-state index contributed by atoms with van der Waals surface area (Å²) in [7, 11) is 0. The van der Waals surface area contributed by atoms with Crippen molar-refractivity contribution in [3.63, 3.8) is 0 Å². The molecule has 28 heavy (non-hydrogen) atoms. The molecule has 1 saturated carbocycles. The lowest BCUT2D eigenvalue weighted by atomic mass is 9.76. The molecule has 0 aromatic carbocycles. The van der Waals surface area contributed by atoms with E-state index in [1.54, 1.807) is 0 Å². The lowest BCUT2D eigenvalue weighted by Crippen LogP contribution is -2.62. The van der Waals surface area contributed by atoms with E-state index in [1.165, 1.54) is 84.5 Å². The molecule has 0 amide bonds. The van der Waals surface area contributed by atoms with Crippen molar-refractivity contribution in [2.45, 2.75) is 71.4 Å². The van der Waals surface area contributed by atoms with Gasteiger partial charge in [0.1, 0.15) is 0 Å². The number of hydrogen-bond acceptors (Lipinski definition) is 4. The van der Waals surface area contributed by atoms with Gasteiger partial charge < -0.3 is 9.64 Å². The largest absolute Gasteiger partial charge is 0.372 e. The zero-order valence-corrected chi connectivity index (χ0v) is 19.0. The Kier molecular flexibility index (Phi) is 6.71. The van der Waals surface area contributed by atoms with E-state index in [0.29, 0.717) is 6.04 Å². The van der Waals surface area contributed by atoms with Gasteiger partial charge in [0, 0.05) is 58.4 Å². The van der Waals surface area contributed by atoms with Crippen molar-refractivity contribution in [1.29, 1.82) is 0 Å². The third-order valence-electron chi connectivity index (χ3n) is 8.31. The van der Waals surface area contributed by atoms with Crippen LogP contribution in [0.15, 0.2) is 0 Å². The van der Waals surface area contributed by atoms with E-state index in [2.05, 4.69) is 42.4 Å². The second kappa shape index (κ2) is 8.91. The first-order valence-corrected chi connectivity index (χ1v) is 12.3. The van der Waals surface area contributed by atoms with Gasteiger partial charge in [-0.15, -0.1) is 0 Å². The maximum Gasteiger partial charge on any atom is 0.0938 e. The van der Waals surface area contributed by atoms with Crippen LogP contribution in [0.4, 0.5) is 0 Å². The maximum absolute atomic E-state index is 6.38. The molecular formula is C24H45N3O. The molecule has 1 atom stereocenters. The Labute approximate surface area is 174 Å². The van der Waals surface area contributed by atoms with Crippen LogP contribution < -0.4 is 0 Å². The van der Waals surface area contributed by atoms with Crippen molar-refractivity contribution in [3.8, 4) is 0 Å². The normalized spacial score (nSPS) is 35.1. The van der Waals surface area contributed by atoms with E-state index in [9.17, 15) is 0 Å². The average Bonchev–Trinajstić information content (AvgIpc) is 3.06. The summed E-state index contributed by atoms with van der Waals surface area (Å²) in [5.41, 5.74) is 0.222. The predicted molar refractivity (Wildman–Crippen MR) is 117 cm³/mol. The highest BCUT2D eigenvalue weighted by atomic mass is 16.5. The SMILES string of the molecule is CC(C)C1CCC(CN2CC3(CC(CN4CCN(C(C)C)CC4)CO3)C2)CC1. The molecular weight excluding hydrogens is 346 g/mol. The van der Waals surface area contributed by atoms with Crippen molar-refractivity contribution in [2.75, 3.05) is 59.0 Å². The fraction of sp³-hybridized carbons (Fsp3) is 1.00. The number of likely N-dealkylation sites (tertiary alicyclic amines) is 1. The Morgan fingerprint density at radius 1 is 0.821 bits per heavy atom.